The van der Waals surface area contributed by atoms with Crippen LogP contribution in [-0.4, -0.2) is 15.5 Å². The lowest BCUT2D eigenvalue weighted by atomic mass is 10.4. The van der Waals surface area contributed by atoms with E-state index in [1.54, 1.807) is 6.20 Å². The van der Waals surface area contributed by atoms with E-state index >= 15 is 0 Å². The van der Waals surface area contributed by atoms with Gasteiger partial charge in [-0.25, -0.2) is 0 Å². The maximum Gasteiger partial charge on any atom is 0.0646 e. The summed E-state index contributed by atoms with van der Waals surface area (Å²) in [6, 6.07) is 0. The Hall–Kier alpha value is -0.880. The fourth-order valence-corrected chi connectivity index (χ4v) is 0.822. The van der Waals surface area contributed by atoms with Crippen molar-refractivity contribution in [2.75, 3.05) is 5.75 Å². The number of rotatable bonds is 1. The normalized spacial score (nSPS) is 8.91. The van der Waals surface area contributed by atoms with Crippen molar-refractivity contribution >= 4 is 12.6 Å². The Kier molecular flexibility index (Phi) is 3.06. The SMILES string of the molecule is CCn1cc(C#CCS)cn1. The summed E-state index contributed by atoms with van der Waals surface area (Å²) in [6.07, 6.45) is 3.69. The molecule has 1 aromatic heterocycles. The zero-order chi connectivity index (χ0) is 8.10. The highest BCUT2D eigenvalue weighted by Gasteiger charge is 1.90. The molecule has 0 amide bonds. The largest absolute Gasteiger partial charge is 0.272 e. The Morgan fingerprint density at radius 2 is 2.55 bits per heavy atom. The average Bonchev–Trinajstić information content (AvgIpc) is 2.48. The van der Waals surface area contributed by atoms with Crippen LogP contribution in [0.3, 0.4) is 0 Å². The highest BCUT2D eigenvalue weighted by molar-refractivity contribution is 7.80. The van der Waals surface area contributed by atoms with Gasteiger partial charge in [0.1, 0.15) is 0 Å². The topological polar surface area (TPSA) is 17.8 Å². The molecule has 58 valence electrons. The van der Waals surface area contributed by atoms with E-state index < -0.39 is 0 Å². The monoisotopic (exact) mass is 166 g/mol. The molecule has 1 aromatic rings. The highest BCUT2D eigenvalue weighted by Crippen LogP contribution is 1.93. The predicted molar refractivity (Wildman–Crippen MR) is 48.6 cm³/mol. The molecule has 2 nitrogen and oxygen atoms in total. The number of aromatic nitrogens is 2. The molecular weight excluding hydrogens is 156 g/mol. The molecule has 0 unspecified atom stereocenters. The molecule has 0 spiro atoms. The second kappa shape index (κ2) is 4.09. The summed E-state index contributed by atoms with van der Waals surface area (Å²) in [5.41, 5.74) is 0.959. The molecule has 0 saturated heterocycles. The molecule has 0 bridgehead atoms. The molecule has 0 aliphatic carbocycles. The van der Waals surface area contributed by atoms with Crippen LogP contribution in [0.4, 0.5) is 0 Å². The van der Waals surface area contributed by atoms with Crippen LogP contribution >= 0.6 is 12.6 Å². The molecule has 0 aliphatic heterocycles. The summed E-state index contributed by atoms with van der Waals surface area (Å²) in [4.78, 5) is 0. The van der Waals surface area contributed by atoms with Gasteiger partial charge in [-0.1, -0.05) is 11.8 Å². The van der Waals surface area contributed by atoms with Gasteiger partial charge in [0.25, 0.3) is 0 Å². The molecule has 11 heavy (non-hydrogen) atoms. The summed E-state index contributed by atoms with van der Waals surface area (Å²) >= 11 is 3.98. The lowest BCUT2D eigenvalue weighted by Gasteiger charge is -1.88. The van der Waals surface area contributed by atoms with Gasteiger partial charge in [0.2, 0.25) is 0 Å². The van der Waals surface area contributed by atoms with E-state index in [1.165, 1.54) is 0 Å². The van der Waals surface area contributed by atoms with Gasteiger partial charge >= 0.3 is 0 Å². The smallest absolute Gasteiger partial charge is 0.0646 e. The minimum absolute atomic E-state index is 0.595. The van der Waals surface area contributed by atoms with Crippen molar-refractivity contribution in [3.8, 4) is 11.8 Å². The first kappa shape index (κ1) is 8.22. The number of aryl methyl sites for hydroxylation is 1. The Balaban J connectivity index is 2.72. The maximum absolute atomic E-state index is 4.08. The molecule has 0 atom stereocenters. The molecule has 0 fully saturated rings. The number of nitrogens with zero attached hydrogens (tertiary/aromatic N) is 2. The number of hydrogen-bond donors (Lipinski definition) is 1. The van der Waals surface area contributed by atoms with Crippen molar-refractivity contribution in [3.05, 3.63) is 18.0 Å². The number of hydrogen-bond acceptors (Lipinski definition) is 2. The Bertz CT molecular complexity index is 280. The third-order valence-corrected chi connectivity index (χ3v) is 1.43. The van der Waals surface area contributed by atoms with Gasteiger partial charge in [-0.05, 0) is 6.92 Å². The fourth-order valence-electron chi connectivity index (χ4n) is 0.743. The summed E-state index contributed by atoms with van der Waals surface area (Å²) < 4.78 is 1.85. The minimum Gasteiger partial charge on any atom is -0.272 e. The molecule has 0 saturated carbocycles. The molecular formula is C8H10N2S. The van der Waals surface area contributed by atoms with E-state index in [1.807, 2.05) is 17.8 Å². The van der Waals surface area contributed by atoms with Gasteiger partial charge in [0.05, 0.1) is 17.5 Å². The van der Waals surface area contributed by atoms with Gasteiger partial charge in [-0.3, -0.25) is 4.68 Å². The van der Waals surface area contributed by atoms with Gasteiger partial charge in [-0.15, -0.1) is 0 Å². The van der Waals surface area contributed by atoms with Crippen LogP contribution in [0.15, 0.2) is 12.4 Å². The zero-order valence-electron chi connectivity index (χ0n) is 6.41. The first-order chi connectivity index (χ1) is 5.36. The number of thiol groups is 1. The quantitative estimate of drug-likeness (QED) is 0.490. The summed E-state index contributed by atoms with van der Waals surface area (Å²) in [7, 11) is 0. The minimum atomic E-state index is 0.595. The molecule has 0 aliphatic rings. The van der Waals surface area contributed by atoms with Crippen molar-refractivity contribution in [2.24, 2.45) is 0 Å². The predicted octanol–water partition coefficient (Wildman–Crippen LogP) is 1.18. The summed E-state index contributed by atoms with van der Waals surface area (Å²) in [5.74, 6) is 6.40. The van der Waals surface area contributed by atoms with Crippen molar-refractivity contribution in [3.63, 3.8) is 0 Å². The van der Waals surface area contributed by atoms with Crippen molar-refractivity contribution in [2.45, 2.75) is 13.5 Å². The maximum atomic E-state index is 4.08. The fraction of sp³-hybridized carbons (Fsp3) is 0.375. The molecule has 0 radical (unpaired) electrons. The van der Waals surface area contributed by atoms with Crippen molar-refractivity contribution in [1.29, 1.82) is 0 Å². The van der Waals surface area contributed by atoms with Crippen LogP contribution in [0, 0.1) is 11.8 Å². The second-order valence-electron chi connectivity index (χ2n) is 2.04. The van der Waals surface area contributed by atoms with Gasteiger partial charge in [0.15, 0.2) is 0 Å². The second-order valence-corrected chi connectivity index (χ2v) is 2.36. The lowest BCUT2D eigenvalue weighted by Crippen LogP contribution is -1.91. The van der Waals surface area contributed by atoms with Crippen molar-refractivity contribution < 1.29 is 0 Å². The Morgan fingerprint density at radius 3 is 3.09 bits per heavy atom. The van der Waals surface area contributed by atoms with E-state index in [0.717, 1.165) is 12.1 Å². The van der Waals surface area contributed by atoms with Gasteiger partial charge in [0, 0.05) is 12.7 Å². The average molecular weight is 166 g/mol. The van der Waals surface area contributed by atoms with Crippen LogP contribution in [0.1, 0.15) is 12.5 Å². The van der Waals surface area contributed by atoms with E-state index in [0.29, 0.717) is 5.75 Å². The van der Waals surface area contributed by atoms with Crippen LogP contribution in [0.2, 0.25) is 0 Å². The first-order valence-electron chi connectivity index (χ1n) is 3.49. The van der Waals surface area contributed by atoms with E-state index in [4.69, 9.17) is 0 Å². The third kappa shape index (κ3) is 2.32. The summed E-state index contributed by atoms with van der Waals surface area (Å²) in [5, 5.41) is 4.08. The molecule has 1 heterocycles. The molecule has 1 rings (SSSR count). The first-order valence-corrected chi connectivity index (χ1v) is 4.12. The van der Waals surface area contributed by atoms with Crippen LogP contribution < -0.4 is 0 Å². The van der Waals surface area contributed by atoms with E-state index in [-0.39, 0.29) is 0 Å². The highest BCUT2D eigenvalue weighted by atomic mass is 32.1. The van der Waals surface area contributed by atoms with Crippen LogP contribution in [0.25, 0.3) is 0 Å². The zero-order valence-corrected chi connectivity index (χ0v) is 7.30. The van der Waals surface area contributed by atoms with Crippen LogP contribution in [-0.2, 0) is 6.54 Å². The Labute approximate surface area is 72.0 Å². The molecule has 0 N–H and O–H groups in total. The summed E-state index contributed by atoms with van der Waals surface area (Å²) in [6.45, 7) is 2.94. The van der Waals surface area contributed by atoms with E-state index in [2.05, 4.69) is 29.6 Å². The Morgan fingerprint density at radius 1 is 1.73 bits per heavy atom. The lowest BCUT2D eigenvalue weighted by molar-refractivity contribution is 0.660. The van der Waals surface area contributed by atoms with E-state index in [9.17, 15) is 0 Å². The van der Waals surface area contributed by atoms with Crippen molar-refractivity contribution in [1.82, 2.24) is 9.78 Å². The van der Waals surface area contributed by atoms with Gasteiger partial charge < -0.3 is 0 Å². The van der Waals surface area contributed by atoms with Gasteiger partial charge in [-0.2, -0.15) is 17.7 Å². The standard InChI is InChI=1S/C8H10N2S/c1-2-10-7-8(6-9-10)4-3-5-11/h6-7,11H,2,5H2,1H3. The third-order valence-electron chi connectivity index (χ3n) is 1.27. The molecule has 3 heteroatoms. The molecule has 0 aromatic carbocycles. The van der Waals surface area contributed by atoms with Crippen LogP contribution in [0.5, 0.6) is 0 Å².